The molecular formula is C22H30F2O2. The van der Waals surface area contributed by atoms with Crippen LogP contribution < -0.4 is 4.74 Å². The van der Waals surface area contributed by atoms with E-state index in [0.717, 1.165) is 18.4 Å². The number of rotatable bonds is 11. The van der Waals surface area contributed by atoms with Gasteiger partial charge in [0.1, 0.15) is 6.10 Å². The highest BCUT2D eigenvalue weighted by Crippen LogP contribution is 2.23. The summed E-state index contributed by atoms with van der Waals surface area (Å²) < 4.78 is 39.1. The van der Waals surface area contributed by atoms with Crippen LogP contribution in [0.15, 0.2) is 48.5 Å². The van der Waals surface area contributed by atoms with Crippen LogP contribution in [0.4, 0.5) is 8.78 Å². The zero-order valence-corrected chi connectivity index (χ0v) is 14.7. The van der Waals surface area contributed by atoms with Crippen LogP contribution >= 0.6 is 0 Å². The van der Waals surface area contributed by atoms with Crippen molar-refractivity contribution in [2.24, 2.45) is 0 Å². The third-order valence-corrected chi connectivity index (χ3v) is 3.96. The first-order valence-corrected chi connectivity index (χ1v) is 8.93. The summed E-state index contributed by atoms with van der Waals surface area (Å²) >= 11 is 0. The van der Waals surface area contributed by atoms with Crippen LogP contribution in [0.2, 0.25) is 0 Å². The fourth-order valence-electron chi connectivity index (χ4n) is 2.62. The zero-order valence-electron chi connectivity index (χ0n) is 14.7. The number of benzene rings is 2. The Morgan fingerprint density at radius 3 is 2.23 bits per heavy atom. The van der Waals surface area contributed by atoms with Gasteiger partial charge in [-0.2, -0.15) is 0 Å². The van der Waals surface area contributed by atoms with Gasteiger partial charge in [-0.1, -0.05) is 70.0 Å². The van der Waals surface area contributed by atoms with E-state index in [2.05, 4.69) is 6.92 Å². The summed E-state index contributed by atoms with van der Waals surface area (Å²) in [7, 11) is 0. The number of hydrogen-bond acceptors (Lipinski definition) is 2. The summed E-state index contributed by atoms with van der Waals surface area (Å²) in [5.41, 5.74) is 1.04. The Labute approximate surface area is 156 Å². The summed E-state index contributed by atoms with van der Waals surface area (Å²) in [6.45, 7) is 3.09. The van der Waals surface area contributed by atoms with Crippen LogP contribution in [0.5, 0.6) is 5.75 Å². The minimum Gasteiger partial charge on any atom is -0.482 e. The Kier molecular flexibility index (Phi) is 10.6. The molecular weight excluding hydrogens is 334 g/mol. The molecule has 1 atom stereocenters. The normalized spacial score (nSPS) is 11.7. The van der Waals surface area contributed by atoms with Crippen molar-refractivity contribution >= 4 is 0 Å². The van der Waals surface area contributed by atoms with Crippen molar-refractivity contribution in [3.05, 3.63) is 65.7 Å². The Morgan fingerprint density at radius 1 is 0.885 bits per heavy atom. The van der Waals surface area contributed by atoms with Crippen LogP contribution in [0, 0.1) is 11.6 Å². The molecule has 0 aliphatic rings. The fraction of sp³-hybridized carbons (Fsp3) is 0.455. The molecule has 0 aliphatic carbocycles. The van der Waals surface area contributed by atoms with Crippen molar-refractivity contribution in [3.63, 3.8) is 0 Å². The van der Waals surface area contributed by atoms with Gasteiger partial charge < -0.3 is 9.47 Å². The van der Waals surface area contributed by atoms with Crippen molar-refractivity contribution in [2.45, 2.75) is 52.6 Å². The zero-order chi connectivity index (χ0) is 17.9. The van der Waals surface area contributed by atoms with Gasteiger partial charge in [-0.25, -0.2) is 8.78 Å². The average Bonchev–Trinajstić information content (AvgIpc) is 2.62. The molecule has 0 radical (unpaired) electrons. The topological polar surface area (TPSA) is 18.5 Å². The molecule has 2 aromatic carbocycles. The van der Waals surface area contributed by atoms with Gasteiger partial charge in [0, 0.05) is 13.0 Å². The lowest BCUT2D eigenvalue weighted by molar-refractivity contribution is 0.0444. The number of unbranched alkanes of at least 4 members (excludes halogenated alkanes) is 3. The van der Waals surface area contributed by atoms with Gasteiger partial charge in [-0.05, 0) is 24.1 Å². The largest absolute Gasteiger partial charge is 0.482 e. The molecule has 1 unspecified atom stereocenters. The predicted molar refractivity (Wildman–Crippen MR) is 103 cm³/mol. The lowest BCUT2D eigenvalue weighted by atomic mass is 10.1. The van der Waals surface area contributed by atoms with E-state index >= 15 is 0 Å². The number of halogens is 2. The first-order valence-electron chi connectivity index (χ1n) is 8.93. The van der Waals surface area contributed by atoms with Gasteiger partial charge in [0.05, 0.1) is 6.61 Å². The molecule has 26 heavy (non-hydrogen) atoms. The first kappa shape index (κ1) is 22.1. The van der Waals surface area contributed by atoms with Gasteiger partial charge in [-0.15, -0.1) is 0 Å². The minimum absolute atomic E-state index is 0. The lowest BCUT2D eigenvalue weighted by Crippen LogP contribution is -2.27. The van der Waals surface area contributed by atoms with Crippen molar-refractivity contribution in [1.82, 2.24) is 0 Å². The average molecular weight is 364 g/mol. The van der Waals surface area contributed by atoms with Crippen LogP contribution in [0.25, 0.3) is 0 Å². The third kappa shape index (κ3) is 7.52. The first-order chi connectivity index (χ1) is 12.2. The smallest absolute Gasteiger partial charge is 0.191 e. The Bertz CT molecular complexity index is 597. The molecule has 4 heteroatoms. The van der Waals surface area contributed by atoms with Crippen LogP contribution in [-0.4, -0.2) is 19.3 Å². The van der Waals surface area contributed by atoms with E-state index in [1.54, 1.807) is 0 Å². The van der Waals surface area contributed by atoms with Gasteiger partial charge in [0.2, 0.25) is 0 Å². The molecule has 0 amide bonds. The van der Waals surface area contributed by atoms with Crippen LogP contribution in [-0.2, 0) is 11.2 Å². The maximum atomic E-state index is 13.9. The molecule has 0 bridgehead atoms. The van der Waals surface area contributed by atoms with Crippen molar-refractivity contribution in [3.8, 4) is 5.75 Å². The standard InChI is InChI=1S/C21H26F2O2.CH4/c1-2-3-4-8-14-24-16-18(15-17-10-6-5-7-11-17)25-21-19(22)12-9-13-20(21)23;/h5-7,9-13,18H,2-4,8,14-16H2,1H3;1H4. The maximum absolute atomic E-state index is 13.9. The Hall–Kier alpha value is -1.94. The van der Waals surface area contributed by atoms with E-state index in [0.29, 0.717) is 19.6 Å². The Morgan fingerprint density at radius 2 is 1.58 bits per heavy atom. The molecule has 0 aromatic heterocycles. The molecule has 0 heterocycles. The van der Waals surface area contributed by atoms with E-state index in [-0.39, 0.29) is 13.2 Å². The second-order valence-electron chi connectivity index (χ2n) is 6.12. The second-order valence-corrected chi connectivity index (χ2v) is 6.12. The summed E-state index contributed by atoms with van der Waals surface area (Å²) in [5, 5.41) is 0. The lowest BCUT2D eigenvalue weighted by Gasteiger charge is -2.20. The van der Waals surface area contributed by atoms with E-state index in [1.165, 1.54) is 31.0 Å². The van der Waals surface area contributed by atoms with Crippen molar-refractivity contribution < 1.29 is 18.3 Å². The third-order valence-electron chi connectivity index (χ3n) is 3.96. The summed E-state index contributed by atoms with van der Waals surface area (Å²) in [5.74, 6) is -1.72. The van der Waals surface area contributed by atoms with Gasteiger partial charge in [0.15, 0.2) is 17.4 Å². The van der Waals surface area contributed by atoms with Crippen LogP contribution in [0.3, 0.4) is 0 Å². The Balaban J connectivity index is 0.00000338. The molecule has 0 fully saturated rings. The molecule has 0 spiro atoms. The highest BCUT2D eigenvalue weighted by Gasteiger charge is 2.17. The number of para-hydroxylation sites is 1. The molecule has 0 saturated heterocycles. The van der Waals surface area contributed by atoms with Crippen LogP contribution in [0.1, 0.15) is 45.6 Å². The van der Waals surface area contributed by atoms with E-state index in [4.69, 9.17) is 9.47 Å². The number of hydrogen-bond donors (Lipinski definition) is 0. The highest BCUT2D eigenvalue weighted by molar-refractivity contribution is 5.26. The van der Waals surface area contributed by atoms with E-state index in [9.17, 15) is 8.78 Å². The predicted octanol–water partition coefficient (Wildman–Crippen LogP) is 6.19. The monoisotopic (exact) mass is 364 g/mol. The van der Waals surface area contributed by atoms with Gasteiger partial charge >= 0.3 is 0 Å². The summed E-state index contributed by atoms with van der Waals surface area (Å²) in [6, 6.07) is 13.5. The second kappa shape index (κ2) is 12.4. The molecule has 0 N–H and O–H groups in total. The summed E-state index contributed by atoms with van der Waals surface area (Å²) in [6.07, 6.45) is 4.56. The van der Waals surface area contributed by atoms with Gasteiger partial charge in [-0.3, -0.25) is 0 Å². The fourth-order valence-corrected chi connectivity index (χ4v) is 2.62. The van der Waals surface area contributed by atoms with Gasteiger partial charge in [0.25, 0.3) is 0 Å². The van der Waals surface area contributed by atoms with E-state index in [1.807, 2.05) is 30.3 Å². The molecule has 2 aromatic rings. The molecule has 0 aliphatic heterocycles. The summed E-state index contributed by atoms with van der Waals surface area (Å²) in [4.78, 5) is 0. The molecule has 144 valence electrons. The highest BCUT2D eigenvalue weighted by atomic mass is 19.1. The molecule has 2 rings (SSSR count). The van der Waals surface area contributed by atoms with E-state index < -0.39 is 17.7 Å². The SMILES string of the molecule is C.CCCCCCOCC(Cc1ccccc1)Oc1c(F)cccc1F. The molecule has 0 saturated carbocycles. The minimum atomic E-state index is -0.694. The maximum Gasteiger partial charge on any atom is 0.191 e. The van der Waals surface area contributed by atoms with Crippen molar-refractivity contribution in [1.29, 1.82) is 0 Å². The van der Waals surface area contributed by atoms with Crippen molar-refractivity contribution in [2.75, 3.05) is 13.2 Å². The molecule has 2 nitrogen and oxygen atoms in total. The quantitative estimate of drug-likeness (QED) is 0.443. The number of ether oxygens (including phenoxy) is 2.